The summed E-state index contributed by atoms with van der Waals surface area (Å²) in [6, 6.07) is 6.63. The third kappa shape index (κ3) is 5.39. The molecule has 0 spiro atoms. The SMILES string of the molecule is Cl.Cl.NC(=NO)c1ccc(N2CCC(N3CCCCC3)CC2)c(Br)c1. The lowest BCUT2D eigenvalue weighted by molar-refractivity contribution is 0.141. The van der Waals surface area contributed by atoms with Gasteiger partial charge in [0.2, 0.25) is 0 Å². The number of hydrogen-bond acceptors (Lipinski definition) is 4. The number of nitrogens with two attached hydrogens (primary N) is 1. The van der Waals surface area contributed by atoms with Gasteiger partial charge in [0.1, 0.15) is 0 Å². The van der Waals surface area contributed by atoms with Gasteiger partial charge in [-0.2, -0.15) is 0 Å². The second-order valence-corrected chi connectivity index (χ2v) is 7.32. The summed E-state index contributed by atoms with van der Waals surface area (Å²) in [7, 11) is 0. The molecule has 3 N–H and O–H groups in total. The summed E-state index contributed by atoms with van der Waals surface area (Å²) in [5.41, 5.74) is 7.57. The number of nitrogens with zero attached hydrogens (tertiary/aromatic N) is 3. The van der Waals surface area contributed by atoms with Crippen LogP contribution < -0.4 is 10.6 Å². The number of benzene rings is 1. The molecule has 0 radical (unpaired) electrons. The van der Waals surface area contributed by atoms with Gasteiger partial charge in [0.15, 0.2) is 5.84 Å². The van der Waals surface area contributed by atoms with Gasteiger partial charge in [-0.05, 0) is 72.9 Å². The Morgan fingerprint density at radius 2 is 1.72 bits per heavy atom. The molecule has 142 valence electrons. The van der Waals surface area contributed by atoms with Crippen LogP contribution in [0, 0.1) is 0 Å². The average molecular weight is 454 g/mol. The predicted octanol–water partition coefficient (Wildman–Crippen LogP) is 3.84. The Hall–Kier alpha value is -0.690. The van der Waals surface area contributed by atoms with Gasteiger partial charge in [0.25, 0.3) is 0 Å². The fourth-order valence-corrected chi connectivity index (χ4v) is 4.37. The third-order valence-electron chi connectivity index (χ3n) is 5.06. The minimum Gasteiger partial charge on any atom is -0.409 e. The van der Waals surface area contributed by atoms with Crippen LogP contribution in [0.15, 0.2) is 27.8 Å². The highest BCUT2D eigenvalue weighted by atomic mass is 79.9. The van der Waals surface area contributed by atoms with Crippen LogP contribution in [0.3, 0.4) is 0 Å². The zero-order chi connectivity index (χ0) is 16.2. The maximum Gasteiger partial charge on any atom is 0.170 e. The first-order valence-corrected chi connectivity index (χ1v) is 9.25. The first kappa shape index (κ1) is 22.4. The molecule has 0 atom stereocenters. The highest BCUT2D eigenvalue weighted by Crippen LogP contribution is 2.31. The minimum atomic E-state index is 0. The number of oxime groups is 1. The van der Waals surface area contributed by atoms with E-state index in [2.05, 4.69) is 37.0 Å². The summed E-state index contributed by atoms with van der Waals surface area (Å²) in [6.45, 7) is 4.73. The topological polar surface area (TPSA) is 65.1 Å². The lowest BCUT2D eigenvalue weighted by Crippen LogP contribution is -2.46. The van der Waals surface area contributed by atoms with Crippen molar-refractivity contribution in [3.8, 4) is 0 Å². The quantitative estimate of drug-likeness (QED) is 0.315. The van der Waals surface area contributed by atoms with E-state index >= 15 is 0 Å². The first-order chi connectivity index (χ1) is 11.2. The number of anilines is 1. The summed E-state index contributed by atoms with van der Waals surface area (Å²) in [6.07, 6.45) is 6.58. The molecule has 1 aromatic rings. The van der Waals surface area contributed by atoms with Gasteiger partial charge in [-0.25, -0.2) is 0 Å². The van der Waals surface area contributed by atoms with Crippen molar-refractivity contribution < 1.29 is 5.21 Å². The molecule has 0 bridgehead atoms. The number of piperidine rings is 2. The lowest BCUT2D eigenvalue weighted by Gasteiger charge is -2.41. The van der Waals surface area contributed by atoms with Crippen LogP contribution in [0.25, 0.3) is 0 Å². The molecule has 8 heteroatoms. The van der Waals surface area contributed by atoms with Gasteiger partial charge in [-0.3, -0.25) is 0 Å². The predicted molar refractivity (Wildman–Crippen MR) is 112 cm³/mol. The van der Waals surface area contributed by atoms with Gasteiger partial charge in [0.05, 0.1) is 5.69 Å². The van der Waals surface area contributed by atoms with E-state index in [1.54, 1.807) is 0 Å². The number of hydrogen-bond donors (Lipinski definition) is 2. The van der Waals surface area contributed by atoms with E-state index in [1.807, 2.05) is 12.1 Å². The number of rotatable bonds is 3. The number of likely N-dealkylation sites (tertiary alicyclic amines) is 1. The zero-order valence-electron chi connectivity index (χ0n) is 14.2. The molecule has 25 heavy (non-hydrogen) atoms. The van der Waals surface area contributed by atoms with Crippen LogP contribution in [0.1, 0.15) is 37.7 Å². The van der Waals surface area contributed by atoms with Gasteiger partial charge < -0.3 is 20.7 Å². The van der Waals surface area contributed by atoms with E-state index in [-0.39, 0.29) is 30.6 Å². The van der Waals surface area contributed by atoms with E-state index in [0.29, 0.717) is 0 Å². The maximum atomic E-state index is 8.78. The van der Waals surface area contributed by atoms with Crippen LogP contribution in [-0.2, 0) is 0 Å². The summed E-state index contributed by atoms with van der Waals surface area (Å²) >= 11 is 3.63. The van der Waals surface area contributed by atoms with E-state index in [9.17, 15) is 0 Å². The van der Waals surface area contributed by atoms with Gasteiger partial charge in [0, 0.05) is 29.2 Å². The molecule has 2 heterocycles. The van der Waals surface area contributed by atoms with E-state index in [1.165, 1.54) is 50.9 Å². The largest absolute Gasteiger partial charge is 0.409 e. The van der Waals surface area contributed by atoms with Crippen LogP contribution in [0.5, 0.6) is 0 Å². The minimum absolute atomic E-state index is 0. The molecule has 0 saturated carbocycles. The van der Waals surface area contributed by atoms with Crippen molar-refractivity contribution in [3.63, 3.8) is 0 Å². The Kier molecular flexibility index (Phi) is 9.35. The van der Waals surface area contributed by atoms with E-state index < -0.39 is 0 Å². The van der Waals surface area contributed by atoms with Gasteiger partial charge in [-0.15, -0.1) is 24.8 Å². The molecule has 2 fully saturated rings. The monoisotopic (exact) mass is 452 g/mol. The van der Waals surface area contributed by atoms with Crippen LogP contribution in [0.2, 0.25) is 0 Å². The van der Waals surface area contributed by atoms with Crippen molar-refractivity contribution in [1.82, 2.24) is 4.90 Å². The van der Waals surface area contributed by atoms with Crippen LogP contribution >= 0.6 is 40.7 Å². The first-order valence-electron chi connectivity index (χ1n) is 8.45. The smallest absolute Gasteiger partial charge is 0.170 e. The molecule has 5 nitrogen and oxygen atoms in total. The van der Waals surface area contributed by atoms with Gasteiger partial charge in [-0.1, -0.05) is 11.6 Å². The van der Waals surface area contributed by atoms with Crippen LogP contribution in [0.4, 0.5) is 5.69 Å². The second kappa shape index (κ2) is 10.5. The maximum absolute atomic E-state index is 8.78. The number of amidine groups is 1. The summed E-state index contributed by atoms with van der Waals surface area (Å²) in [4.78, 5) is 5.12. The van der Waals surface area contributed by atoms with Crippen molar-refractivity contribution in [1.29, 1.82) is 0 Å². The Labute approximate surface area is 170 Å². The molecular weight excluding hydrogens is 427 g/mol. The molecular formula is C17H27BrCl2N4O. The van der Waals surface area contributed by atoms with Crippen molar-refractivity contribution in [3.05, 3.63) is 28.2 Å². The zero-order valence-corrected chi connectivity index (χ0v) is 17.5. The van der Waals surface area contributed by atoms with E-state index in [0.717, 1.165) is 29.2 Å². The van der Waals surface area contributed by atoms with Crippen LogP contribution in [-0.4, -0.2) is 48.2 Å². The summed E-state index contributed by atoms with van der Waals surface area (Å²) in [5, 5.41) is 11.8. The molecule has 3 rings (SSSR count). The highest BCUT2D eigenvalue weighted by molar-refractivity contribution is 9.10. The summed E-state index contributed by atoms with van der Waals surface area (Å²) in [5.74, 6) is 0.140. The Morgan fingerprint density at radius 1 is 1.08 bits per heavy atom. The van der Waals surface area contributed by atoms with Crippen molar-refractivity contribution in [2.75, 3.05) is 31.1 Å². The fourth-order valence-electron chi connectivity index (χ4n) is 3.74. The van der Waals surface area contributed by atoms with Crippen molar-refractivity contribution in [2.24, 2.45) is 10.9 Å². The van der Waals surface area contributed by atoms with E-state index in [4.69, 9.17) is 10.9 Å². The Balaban J connectivity index is 0.00000156. The molecule has 0 amide bonds. The standard InChI is InChI=1S/C17H25BrN4O.2ClH/c18-15-12-13(17(19)20-23)4-5-16(15)22-10-6-14(7-11-22)21-8-2-1-3-9-21;;/h4-5,12,14,23H,1-3,6-11H2,(H2,19,20);2*1H. The Bertz CT molecular complexity index is 574. The average Bonchev–Trinajstić information content (AvgIpc) is 2.62. The second-order valence-electron chi connectivity index (χ2n) is 6.47. The molecule has 2 aliphatic rings. The molecule has 2 aliphatic heterocycles. The molecule has 0 aliphatic carbocycles. The normalized spacial score (nSPS) is 19.9. The Morgan fingerprint density at radius 3 is 2.28 bits per heavy atom. The van der Waals surface area contributed by atoms with Crippen molar-refractivity contribution >= 4 is 52.3 Å². The molecule has 0 unspecified atom stereocenters. The molecule has 1 aromatic carbocycles. The van der Waals surface area contributed by atoms with Crippen molar-refractivity contribution in [2.45, 2.75) is 38.1 Å². The summed E-state index contributed by atoms with van der Waals surface area (Å²) < 4.78 is 0.998. The fraction of sp³-hybridized carbons (Fsp3) is 0.588. The molecule has 0 aromatic heterocycles. The van der Waals surface area contributed by atoms with Gasteiger partial charge >= 0.3 is 0 Å². The third-order valence-corrected chi connectivity index (χ3v) is 5.70. The lowest BCUT2D eigenvalue weighted by atomic mass is 9.99. The molecule has 2 saturated heterocycles. The number of halogens is 3. The highest BCUT2D eigenvalue weighted by Gasteiger charge is 2.26.